The minimum Gasteiger partial charge on any atom is -0.335 e. The lowest BCUT2D eigenvalue weighted by Gasteiger charge is -2.21. The number of nitrogens with one attached hydrogen (secondary N) is 3. The van der Waals surface area contributed by atoms with Gasteiger partial charge in [0, 0.05) is 6.04 Å². The molecule has 0 radical (unpaired) electrons. The van der Waals surface area contributed by atoms with E-state index in [0.29, 0.717) is 4.90 Å². The molecule has 0 bridgehead atoms. The third-order valence-corrected chi connectivity index (χ3v) is 1.97. The second kappa shape index (κ2) is 7.07. The Hall–Kier alpha value is -1.28. The van der Waals surface area contributed by atoms with Crippen molar-refractivity contribution < 1.29 is 14.4 Å². The lowest BCUT2D eigenvalue weighted by molar-refractivity contribution is 0.0989. The summed E-state index contributed by atoms with van der Waals surface area (Å²) >= 11 is 0.975. The molecule has 0 saturated heterocycles. The molecule has 0 atom stereocenters. The van der Waals surface area contributed by atoms with Crippen LogP contribution in [0.2, 0.25) is 0 Å². The molecule has 0 fully saturated rings. The van der Waals surface area contributed by atoms with Gasteiger partial charge in [0.1, 0.15) is 0 Å². The normalized spacial score (nSPS) is 9.81. The SMILES string of the molecule is CONC(=O)N(C(=N)SC)C(=O)NC(C)C. The number of amidine groups is 1. The predicted octanol–water partition coefficient (Wildman–Crippen LogP) is 0.975. The molecule has 0 aliphatic heterocycles. The molecule has 0 aromatic rings. The van der Waals surface area contributed by atoms with Gasteiger partial charge >= 0.3 is 12.1 Å². The van der Waals surface area contributed by atoms with Crippen molar-refractivity contribution in [3.05, 3.63) is 0 Å². The average molecular weight is 248 g/mol. The Morgan fingerprint density at radius 2 is 1.94 bits per heavy atom. The van der Waals surface area contributed by atoms with E-state index in [9.17, 15) is 9.59 Å². The zero-order valence-corrected chi connectivity index (χ0v) is 10.5. The van der Waals surface area contributed by atoms with E-state index in [4.69, 9.17) is 5.41 Å². The third-order valence-electron chi connectivity index (χ3n) is 1.40. The van der Waals surface area contributed by atoms with Gasteiger partial charge in [0.25, 0.3) is 0 Å². The highest BCUT2D eigenvalue weighted by molar-refractivity contribution is 8.13. The lowest BCUT2D eigenvalue weighted by atomic mass is 10.4. The Bertz CT molecular complexity index is 282. The first-order chi connectivity index (χ1) is 7.43. The van der Waals surface area contributed by atoms with Crippen LogP contribution in [-0.2, 0) is 4.84 Å². The molecule has 3 N–H and O–H groups in total. The van der Waals surface area contributed by atoms with Crippen molar-refractivity contribution in [2.45, 2.75) is 19.9 Å². The van der Waals surface area contributed by atoms with Crippen LogP contribution in [0.1, 0.15) is 13.8 Å². The Balaban J connectivity index is 4.73. The molecule has 0 saturated carbocycles. The molecule has 0 aliphatic rings. The summed E-state index contributed by atoms with van der Waals surface area (Å²) in [5.74, 6) is 0. The summed E-state index contributed by atoms with van der Waals surface area (Å²) in [6.45, 7) is 3.51. The van der Waals surface area contributed by atoms with Gasteiger partial charge in [0.2, 0.25) is 0 Å². The zero-order valence-electron chi connectivity index (χ0n) is 9.66. The van der Waals surface area contributed by atoms with Crippen molar-refractivity contribution in [1.82, 2.24) is 15.7 Å². The molecule has 0 unspecified atom stereocenters. The Labute approximate surface area is 98.4 Å². The molecule has 0 spiro atoms. The predicted molar refractivity (Wildman–Crippen MR) is 62.3 cm³/mol. The highest BCUT2D eigenvalue weighted by Gasteiger charge is 2.26. The zero-order chi connectivity index (χ0) is 12.7. The standard InChI is InChI=1S/C8H16N4O3S/c1-5(2)10-7(13)12(6(9)16-4)8(14)11-15-3/h5,9H,1-4H3,(H,10,13)(H,11,14). The number of rotatable bonds is 2. The van der Waals surface area contributed by atoms with Crippen LogP contribution in [0.4, 0.5) is 9.59 Å². The van der Waals surface area contributed by atoms with E-state index in [0.717, 1.165) is 11.8 Å². The fourth-order valence-electron chi connectivity index (χ4n) is 0.812. The van der Waals surface area contributed by atoms with Crippen LogP contribution in [0.25, 0.3) is 0 Å². The number of hydrogen-bond donors (Lipinski definition) is 3. The Morgan fingerprint density at radius 1 is 1.38 bits per heavy atom. The fourth-order valence-corrected chi connectivity index (χ4v) is 1.16. The maximum Gasteiger partial charge on any atom is 0.355 e. The second-order valence-electron chi connectivity index (χ2n) is 3.06. The van der Waals surface area contributed by atoms with Crippen LogP contribution in [0.5, 0.6) is 0 Å². The first-order valence-electron chi connectivity index (χ1n) is 4.50. The van der Waals surface area contributed by atoms with Crippen molar-refractivity contribution in [1.29, 1.82) is 5.41 Å². The first kappa shape index (κ1) is 14.7. The van der Waals surface area contributed by atoms with Crippen LogP contribution in [-0.4, -0.2) is 41.5 Å². The molecule has 16 heavy (non-hydrogen) atoms. The van der Waals surface area contributed by atoms with Crippen LogP contribution in [0, 0.1) is 5.41 Å². The number of thioether (sulfide) groups is 1. The van der Waals surface area contributed by atoms with Gasteiger partial charge in [-0.15, -0.1) is 0 Å². The van der Waals surface area contributed by atoms with E-state index < -0.39 is 12.1 Å². The Morgan fingerprint density at radius 3 is 2.31 bits per heavy atom. The summed E-state index contributed by atoms with van der Waals surface area (Å²) in [5, 5.41) is 9.82. The summed E-state index contributed by atoms with van der Waals surface area (Å²) in [6.07, 6.45) is 1.60. The second-order valence-corrected chi connectivity index (χ2v) is 3.86. The van der Waals surface area contributed by atoms with E-state index in [2.05, 4.69) is 10.2 Å². The number of carbonyl (C=O) groups excluding carboxylic acids is 2. The topological polar surface area (TPSA) is 94.5 Å². The minimum atomic E-state index is -0.806. The van der Waals surface area contributed by atoms with E-state index >= 15 is 0 Å². The van der Waals surface area contributed by atoms with Crippen molar-refractivity contribution in [2.75, 3.05) is 13.4 Å². The summed E-state index contributed by atoms with van der Waals surface area (Å²) in [4.78, 5) is 28.1. The van der Waals surface area contributed by atoms with Gasteiger partial charge in [-0.3, -0.25) is 10.2 Å². The van der Waals surface area contributed by atoms with Crippen molar-refractivity contribution in [3.63, 3.8) is 0 Å². The monoisotopic (exact) mass is 248 g/mol. The van der Waals surface area contributed by atoms with E-state index in [1.165, 1.54) is 7.11 Å². The highest BCUT2D eigenvalue weighted by Crippen LogP contribution is 2.04. The largest absolute Gasteiger partial charge is 0.355 e. The molecule has 0 rings (SSSR count). The van der Waals surface area contributed by atoms with Crippen molar-refractivity contribution in [3.8, 4) is 0 Å². The molecular weight excluding hydrogens is 232 g/mol. The number of nitrogens with zero attached hydrogens (tertiary/aromatic N) is 1. The number of hydrogen-bond acceptors (Lipinski definition) is 5. The number of hydroxylamine groups is 1. The van der Waals surface area contributed by atoms with Gasteiger partial charge in [-0.25, -0.2) is 15.1 Å². The van der Waals surface area contributed by atoms with Crippen LogP contribution >= 0.6 is 11.8 Å². The number of amides is 4. The summed E-state index contributed by atoms with van der Waals surface area (Å²) in [7, 11) is 1.25. The van der Waals surface area contributed by atoms with Gasteiger partial charge in [0.15, 0.2) is 5.17 Å². The molecule has 7 nitrogen and oxygen atoms in total. The molecule has 0 aromatic heterocycles. The van der Waals surface area contributed by atoms with Gasteiger partial charge in [-0.2, -0.15) is 4.90 Å². The number of imide groups is 1. The molecule has 8 heteroatoms. The Kier molecular flexibility index (Phi) is 6.50. The van der Waals surface area contributed by atoms with Crippen molar-refractivity contribution in [2.24, 2.45) is 0 Å². The smallest absolute Gasteiger partial charge is 0.335 e. The van der Waals surface area contributed by atoms with Gasteiger partial charge in [-0.05, 0) is 20.1 Å². The fraction of sp³-hybridized carbons (Fsp3) is 0.625. The highest BCUT2D eigenvalue weighted by atomic mass is 32.2. The summed E-state index contributed by atoms with van der Waals surface area (Å²) < 4.78 is 0. The number of carbonyl (C=O) groups is 2. The van der Waals surface area contributed by atoms with Crippen LogP contribution < -0.4 is 10.8 Å². The van der Waals surface area contributed by atoms with Gasteiger partial charge < -0.3 is 5.32 Å². The molecule has 0 aliphatic carbocycles. The molecule has 0 aromatic carbocycles. The van der Waals surface area contributed by atoms with E-state index in [1.807, 2.05) is 5.48 Å². The van der Waals surface area contributed by atoms with Crippen LogP contribution in [0.15, 0.2) is 0 Å². The molecular formula is C8H16N4O3S. The van der Waals surface area contributed by atoms with E-state index in [1.54, 1.807) is 20.1 Å². The maximum absolute atomic E-state index is 11.6. The minimum absolute atomic E-state index is 0.125. The summed E-state index contributed by atoms with van der Waals surface area (Å²) in [5.41, 5.74) is 1.99. The average Bonchev–Trinajstić information content (AvgIpc) is 2.16. The van der Waals surface area contributed by atoms with E-state index in [-0.39, 0.29) is 11.2 Å². The molecule has 0 heterocycles. The quantitative estimate of drug-likeness (QED) is 0.385. The van der Waals surface area contributed by atoms with Gasteiger partial charge in [0.05, 0.1) is 7.11 Å². The molecule has 92 valence electrons. The third kappa shape index (κ3) is 4.49. The van der Waals surface area contributed by atoms with Crippen LogP contribution in [0.3, 0.4) is 0 Å². The first-order valence-corrected chi connectivity index (χ1v) is 5.72. The number of urea groups is 2. The lowest BCUT2D eigenvalue weighted by Crippen LogP contribution is -2.51. The maximum atomic E-state index is 11.6. The molecule has 4 amide bonds. The van der Waals surface area contributed by atoms with Crippen molar-refractivity contribution >= 4 is 29.0 Å². The summed E-state index contributed by atoms with van der Waals surface area (Å²) in [6, 6.07) is -1.59. The van der Waals surface area contributed by atoms with Gasteiger partial charge in [-0.1, -0.05) is 11.8 Å².